The molecule has 0 N–H and O–H groups in total. The number of methoxy groups -OCH3 is 1. The molecule has 0 aliphatic carbocycles. The van der Waals surface area contributed by atoms with E-state index in [2.05, 4.69) is 4.74 Å². The Hall–Kier alpha value is 2.04. The summed E-state index contributed by atoms with van der Waals surface area (Å²) in [6.07, 6.45) is 0. The maximum absolute atomic E-state index is 5.05. The van der Waals surface area contributed by atoms with Crippen molar-refractivity contribution < 1.29 is 4.74 Å². The van der Waals surface area contributed by atoms with Gasteiger partial charge in [-0.3, -0.25) is 0 Å². The average molecular weight is 395 g/mol. The van der Waals surface area contributed by atoms with Gasteiger partial charge in [-0.2, -0.15) is 0 Å². The molecule has 0 radical (unpaired) electrons. The molecule has 52 valence electrons. The standard InChI is InChI=1S/C2H6O.4ClH.Pb/c1-3-2;;;;;/h1-2H3;4*1H;/q;;;;;+4/p-4. The van der Waals surface area contributed by atoms with Crippen LogP contribution in [0.3, 0.4) is 0 Å². The quantitative estimate of drug-likeness (QED) is 0.574. The molecule has 0 atom stereocenters. The summed E-state index contributed by atoms with van der Waals surface area (Å²) in [4.78, 5) is 0. The zero-order chi connectivity index (χ0) is 7.21. The molecule has 0 saturated heterocycles. The van der Waals surface area contributed by atoms with E-state index in [9.17, 15) is 0 Å². The first kappa shape index (κ1) is 12.7. The first-order valence-electron chi connectivity index (χ1n) is 1.57. The van der Waals surface area contributed by atoms with Gasteiger partial charge in [0, 0.05) is 14.2 Å². The molecule has 0 aromatic rings. The van der Waals surface area contributed by atoms with Gasteiger partial charge in [-0.05, 0) is 0 Å². The third-order valence-electron chi connectivity index (χ3n) is 0. The fraction of sp³-hybridized carbons (Fsp3) is 1.00. The summed E-state index contributed by atoms with van der Waals surface area (Å²) in [5, 5.41) is 0. The van der Waals surface area contributed by atoms with Crippen molar-refractivity contribution in [3.8, 4) is 0 Å². The summed E-state index contributed by atoms with van der Waals surface area (Å²) in [7, 11) is 23.4. The average Bonchev–Trinajstić information content (AvgIpc) is 1.27. The van der Waals surface area contributed by atoms with Gasteiger partial charge in [-0.1, -0.05) is 0 Å². The molecule has 0 fully saturated rings. The SMILES string of the molecule is COC.[Cl][Pb]([Cl])([Cl])[Cl]. The van der Waals surface area contributed by atoms with Crippen LogP contribution in [0.5, 0.6) is 0 Å². The van der Waals surface area contributed by atoms with Crippen LogP contribution in [0, 0.1) is 0 Å². The van der Waals surface area contributed by atoms with Crippen LogP contribution in [0.4, 0.5) is 0 Å². The number of rotatable bonds is 0. The Kier molecular flexibility index (Phi) is 11.4. The van der Waals surface area contributed by atoms with Crippen molar-refractivity contribution in [2.24, 2.45) is 0 Å². The Morgan fingerprint density at radius 3 is 1.00 bits per heavy atom. The van der Waals surface area contributed by atoms with E-state index in [0.29, 0.717) is 0 Å². The van der Waals surface area contributed by atoms with E-state index in [1.807, 2.05) is 0 Å². The molecule has 0 heterocycles. The second kappa shape index (κ2) is 7.15. The van der Waals surface area contributed by atoms with Crippen molar-refractivity contribution in [3.63, 3.8) is 0 Å². The molecular weight excluding hydrogens is 389 g/mol. The molecule has 0 aromatic heterocycles. The molecule has 0 aromatic carbocycles. The number of halogens is 4. The third-order valence-corrected chi connectivity index (χ3v) is 0. The monoisotopic (exact) mass is 394 g/mol. The predicted octanol–water partition coefficient (Wildman–Crippen LogP) is 2.64. The summed E-state index contributed by atoms with van der Waals surface area (Å²) in [5.41, 5.74) is 0. The molecule has 0 amide bonds. The van der Waals surface area contributed by atoms with Crippen molar-refractivity contribution in [3.05, 3.63) is 0 Å². The van der Waals surface area contributed by atoms with E-state index in [-0.39, 0.29) is 0 Å². The van der Waals surface area contributed by atoms with Crippen LogP contribution in [-0.2, 0) is 4.74 Å². The second-order valence-electron chi connectivity index (χ2n) is 0.837. The number of hydrogen-bond donors (Lipinski definition) is 0. The van der Waals surface area contributed by atoms with Crippen molar-refractivity contribution >= 4 is 49.5 Å². The van der Waals surface area contributed by atoms with Crippen molar-refractivity contribution in [1.82, 2.24) is 0 Å². The second-order valence-corrected chi connectivity index (χ2v) is 34.3. The topological polar surface area (TPSA) is 9.23 Å². The zero-order valence-corrected chi connectivity index (χ0v) is 11.3. The van der Waals surface area contributed by atoms with Crippen LogP contribution < -0.4 is 0 Å². The van der Waals surface area contributed by atoms with Crippen LogP contribution in [0.15, 0.2) is 0 Å². The molecular formula is C2H6Cl4OPb. The first-order valence-corrected chi connectivity index (χ1v) is 20.7. The van der Waals surface area contributed by atoms with Gasteiger partial charge in [0.1, 0.15) is 0 Å². The van der Waals surface area contributed by atoms with Crippen LogP contribution in [0.1, 0.15) is 0 Å². The molecule has 0 spiro atoms. The molecule has 6 heteroatoms. The predicted molar refractivity (Wildman–Crippen MR) is 42.1 cm³/mol. The molecule has 0 rings (SSSR count). The zero-order valence-electron chi connectivity index (χ0n) is 4.42. The van der Waals surface area contributed by atoms with E-state index in [4.69, 9.17) is 33.3 Å². The Morgan fingerprint density at radius 1 is 1.00 bits per heavy atom. The summed E-state index contributed by atoms with van der Waals surface area (Å²) >= 11 is -3.39. The van der Waals surface area contributed by atoms with Gasteiger partial charge in [0.2, 0.25) is 0 Å². The van der Waals surface area contributed by atoms with E-state index >= 15 is 0 Å². The van der Waals surface area contributed by atoms with E-state index < -0.39 is 16.3 Å². The number of hydrogen-bond acceptors (Lipinski definition) is 1. The molecule has 0 unspecified atom stereocenters. The fourth-order valence-electron chi connectivity index (χ4n) is 0. The van der Waals surface area contributed by atoms with E-state index in [1.54, 1.807) is 14.2 Å². The Morgan fingerprint density at radius 2 is 1.00 bits per heavy atom. The van der Waals surface area contributed by atoms with Gasteiger partial charge in [0.05, 0.1) is 0 Å². The molecule has 1 nitrogen and oxygen atoms in total. The summed E-state index contributed by atoms with van der Waals surface area (Å²) < 4.78 is 4.25. The third kappa shape index (κ3) is 95.6. The normalized spacial score (nSPS) is 9.75. The molecule has 0 aliphatic heterocycles. The Balaban J connectivity index is 0. The minimum absolute atomic E-state index is 1.62. The van der Waals surface area contributed by atoms with Crippen LogP contribution >= 0.6 is 33.3 Å². The minimum atomic E-state index is -3.39. The molecule has 8 heavy (non-hydrogen) atoms. The Labute approximate surface area is 67.7 Å². The van der Waals surface area contributed by atoms with Gasteiger partial charge in [0.15, 0.2) is 0 Å². The van der Waals surface area contributed by atoms with Crippen molar-refractivity contribution in [2.45, 2.75) is 0 Å². The summed E-state index contributed by atoms with van der Waals surface area (Å²) in [6, 6.07) is 0. The van der Waals surface area contributed by atoms with Crippen molar-refractivity contribution in [2.75, 3.05) is 14.2 Å². The fourth-order valence-corrected chi connectivity index (χ4v) is 0. The maximum atomic E-state index is 5.05. The summed E-state index contributed by atoms with van der Waals surface area (Å²) in [5.74, 6) is 0. The van der Waals surface area contributed by atoms with Gasteiger partial charge in [0.25, 0.3) is 0 Å². The van der Waals surface area contributed by atoms with Crippen LogP contribution in [-0.4, -0.2) is 30.5 Å². The van der Waals surface area contributed by atoms with Crippen LogP contribution in [0.2, 0.25) is 0 Å². The van der Waals surface area contributed by atoms with Crippen LogP contribution in [0.25, 0.3) is 0 Å². The van der Waals surface area contributed by atoms with Gasteiger partial charge in [-0.15, -0.1) is 0 Å². The van der Waals surface area contributed by atoms with Gasteiger partial charge in [-0.25, -0.2) is 0 Å². The first-order chi connectivity index (χ1) is 3.41. The van der Waals surface area contributed by atoms with Crippen molar-refractivity contribution in [1.29, 1.82) is 0 Å². The van der Waals surface area contributed by atoms with E-state index in [1.165, 1.54) is 0 Å². The van der Waals surface area contributed by atoms with Gasteiger partial charge < -0.3 is 4.74 Å². The molecule has 0 aliphatic rings. The van der Waals surface area contributed by atoms with Gasteiger partial charge >= 0.3 is 49.5 Å². The molecule has 0 saturated carbocycles. The number of ether oxygens (including phenoxy) is 1. The van der Waals surface area contributed by atoms with E-state index in [0.717, 1.165) is 0 Å². The molecule has 0 bridgehead atoms. The summed E-state index contributed by atoms with van der Waals surface area (Å²) in [6.45, 7) is 0. The Bertz CT molecular complexity index is 37.8.